The summed E-state index contributed by atoms with van der Waals surface area (Å²) in [6.45, 7) is 4.46. The van der Waals surface area contributed by atoms with Crippen molar-refractivity contribution in [2.24, 2.45) is 0 Å². The van der Waals surface area contributed by atoms with Gasteiger partial charge >= 0.3 is 0 Å². The fraction of sp³-hybridized carbons (Fsp3) is 0.0870. The normalized spacial score (nSPS) is 10.8. The Morgan fingerprint density at radius 1 is 0.962 bits per heavy atom. The molecule has 0 amide bonds. The molecule has 26 heavy (non-hydrogen) atoms. The maximum absolute atomic E-state index is 5.96. The van der Waals surface area contributed by atoms with Crippen LogP contribution in [0.2, 0.25) is 0 Å². The lowest BCUT2D eigenvalue weighted by atomic mass is 10.1. The Bertz CT molecular complexity index is 1090. The number of hydrogen-bond donors (Lipinski definition) is 0. The number of ether oxygens (including phenoxy) is 2. The zero-order valence-corrected chi connectivity index (χ0v) is 14.7. The molecular weight excluding hydrogens is 322 g/mol. The maximum atomic E-state index is 5.96. The molecule has 0 unspecified atom stereocenters. The van der Waals surface area contributed by atoms with Gasteiger partial charge in [-0.1, -0.05) is 36.9 Å². The van der Waals surface area contributed by atoms with Crippen molar-refractivity contribution in [1.82, 2.24) is 0 Å². The van der Waals surface area contributed by atoms with Gasteiger partial charge in [-0.2, -0.15) is 4.40 Å². The smallest absolute Gasteiger partial charge is 0.254 e. The zero-order valence-electron chi connectivity index (χ0n) is 14.7. The van der Waals surface area contributed by atoms with E-state index in [1.54, 1.807) is 7.11 Å². The summed E-state index contributed by atoms with van der Waals surface area (Å²) in [5.41, 5.74) is 3.17. The summed E-state index contributed by atoms with van der Waals surface area (Å²) in [6, 6.07) is 22.4. The minimum atomic E-state index is 0.554. The largest absolute Gasteiger partial charge is 0.490 e. The van der Waals surface area contributed by atoms with E-state index >= 15 is 0 Å². The lowest BCUT2D eigenvalue weighted by Gasteiger charge is -2.08. The first-order chi connectivity index (χ1) is 12.8. The second kappa shape index (κ2) is 6.89. The van der Waals surface area contributed by atoms with Crippen molar-refractivity contribution in [2.45, 2.75) is 6.61 Å². The number of aromatic nitrogens is 1. The molecule has 128 valence electrons. The standard InChI is InChI=1S/C23H20NO2/c1-3-20-10-12-23(25-2)22-14-19-13-21(11-9-18(19)15-24(20)22)26-16-17-7-5-4-6-8-17/h3-15H,1,16H2,2H3/q+1. The molecule has 0 radical (unpaired) electrons. The van der Waals surface area contributed by atoms with E-state index in [2.05, 4.69) is 47.5 Å². The molecule has 0 saturated carbocycles. The van der Waals surface area contributed by atoms with E-state index in [0.717, 1.165) is 39.0 Å². The summed E-state index contributed by atoms with van der Waals surface area (Å²) in [5.74, 6) is 1.68. The highest BCUT2D eigenvalue weighted by Crippen LogP contribution is 2.25. The molecule has 0 aliphatic carbocycles. The molecule has 0 atom stereocenters. The first kappa shape index (κ1) is 16.2. The average Bonchev–Trinajstić information content (AvgIpc) is 2.70. The molecule has 2 aromatic carbocycles. The average molecular weight is 342 g/mol. The van der Waals surface area contributed by atoms with E-state index < -0.39 is 0 Å². The monoisotopic (exact) mass is 342 g/mol. The van der Waals surface area contributed by atoms with Gasteiger partial charge in [-0.15, -0.1) is 0 Å². The van der Waals surface area contributed by atoms with Crippen LogP contribution in [0.1, 0.15) is 11.3 Å². The van der Waals surface area contributed by atoms with E-state index in [0.29, 0.717) is 6.61 Å². The van der Waals surface area contributed by atoms with Gasteiger partial charge < -0.3 is 9.47 Å². The molecular formula is C23H20NO2+. The first-order valence-corrected chi connectivity index (χ1v) is 8.54. The number of rotatable bonds is 5. The van der Waals surface area contributed by atoms with Crippen molar-refractivity contribution in [2.75, 3.05) is 7.11 Å². The van der Waals surface area contributed by atoms with Gasteiger partial charge in [0.15, 0.2) is 11.9 Å². The number of pyridine rings is 2. The highest BCUT2D eigenvalue weighted by atomic mass is 16.5. The van der Waals surface area contributed by atoms with Crippen LogP contribution in [-0.4, -0.2) is 7.11 Å². The van der Waals surface area contributed by atoms with Crippen LogP contribution in [0.5, 0.6) is 11.5 Å². The Morgan fingerprint density at radius 3 is 2.58 bits per heavy atom. The molecule has 0 fully saturated rings. The third-order valence-electron chi connectivity index (χ3n) is 4.49. The quantitative estimate of drug-likeness (QED) is 0.384. The van der Waals surface area contributed by atoms with Crippen LogP contribution in [0.25, 0.3) is 22.4 Å². The van der Waals surface area contributed by atoms with E-state index in [4.69, 9.17) is 9.47 Å². The van der Waals surface area contributed by atoms with Crippen LogP contribution in [0.4, 0.5) is 0 Å². The number of hydrogen-bond acceptors (Lipinski definition) is 2. The third kappa shape index (κ3) is 3.00. The van der Waals surface area contributed by atoms with Gasteiger partial charge in [0.05, 0.1) is 7.11 Å². The van der Waals surface area contributed by atoms with Gasteiger partial charge in [0.1, 0.15) is 12.4 Å². The van der Waals surface area contributed by atoms with Crippen LogP contribution >= 0.6 is 0 Å². The van der Waals surface area contributed by atoms with Gasteiger partial charge in [0, 0.05) is 23.6 Å². The number of benzene rings is 2. The minimum Gasteiger partial charge on any atom is -0.490 e. The third-order valence-corrected chi connectivity index (χ3v) is 4.49. The van der Waals surface area contributed by atoms with Gasteiger partial charge in [0.2, 0.25) is 5.69 Å². The van der Waals surface area contributed by atoms with Crippen molar-refractivity contribution < 1.29 is 13.9 Å². The molecule has 0 N–H and O–H groups in total. The van der Waals surface area contributed by atoms with Crippen molar-refractivity contribution in [3.05, 3.63) is 90.8 Å². The van der Waals surface area contributed by atoms with Crippen LogP contribution in [0.15, 0.2) is 79.5 Å². The van der Waals surface area contributed by atoms with Crippen molar-refractivity contribution in [3.63, 3.8) is 0 Å². The Kier molecular flexibility index (Phi) is 4.28. The lowest BCUT2D eigenvalue weighted by molar-refractivity contribution is -0.513. The molecule has 2 aromatic heterocycles. The van der Waals surface area contributed by atoms with Crippen molar-refractivity contribution in [1.29, 1.82) is 0 Å². The molecule has 3 nitrogen and oxygen atoms in total. The fourth-order valence-electron chi connectivity index (χ4n) is 3.12. The Labute approximate surface area is 152 Å². The molecule has 0 spiro atoms. The van der Waals surface area contributed by atoms with Crippen LogP contribution in [0, 0.1) is 0 Å². The van der Waals surface area contributed by atoms with Gasteiger partial charge in [0.25, 0.3) is 5.52 Å². The predicted molar refractivity (Wildman–Crippen MR) is 105 cm³/mol. The summed E-state index contributed by atoms with van der Waals surface area (Å²) >= 11 is 0. The van der Waals surface area contributed by atoms with Crippen LogP contribution < -0.4 is 13.9 Å². The van der Waals surface area contributed by atoms with Crippen LogP contribution in [0.3, 0.4) is 0 Å². The summed E-state index contributed by atoms with van der Waals surface area (Å²) in [5, 5.41) is 2.24. The summed E-state index contributed by atoms with van der Waals surface area (Å²) in [4.78, 5) is 0. The van der Waals surface area contributed by atoms with E-state index in [-0.39, 0.29) is 0 Å². The van der Waals surface area contributed by atoms with Gasteiger partial charge in [-0.3, -0.25) is 0 Å². The Morgan fingerprint density at radius 2 is 1.81 bits per heavy atom. The van der Waals surface area contributed by atoms with E-state index in [1.165, 1.54) is 0 Å². The fourth-order valence-corrected chi connectivity index (χ4v) is 3.12. The predicted octanol–water partition coefficient (Wildman–Crippen LogP) is 4.81. The van der Waals surface area contributed by atoms with Crippen molar-refractivity contribution >= 4 is 22.4 Å². The summed E-state index contributed by atoms with van der Waals surface area (Å²) < 4.78 is 13.6. The second-order valence-corrected chi connectivity index (χ2v) is 6.12. The molecule has 0 aliphatic heterocycles. The second-order valence-electron chi connectivity index (χ2n) is 6.12. The topological polar surface area (TPSA) is 22.6 Å². The Balaban J connectivity index is 1.75. The van der Waals surface area contributed by atoms with E-state index in [1.807, 2.05) is 42.5 Å². The van der Waals surface area contributed by atoms with Crippen LogP contribution in [-0.2, 0) is 6.61 Å². The molecule has 0 aliphatic rings. The lowest BCUT2D eigenvalue weighted by Crippen LogP contribution is -2.25. The Hall–Kier alpha value is -3.33. The first-order valence-electron chi connectivity index (χ1n) is 8.54. The molecule has 4 rings (SSSR count). The molecule has 4 aromatic rings. The number of nitrogens with zero attached hydrogens (tertiary/aromatic N) is 1. The zero-order chi connectivity index (χ0) is 17.9. The van der Waals surface area contributed by atoms with Crippen molar-refractivity contribution in [3.8, 4) is 11.5 Å². The van der Waals surface area contributed by atoms with Gasteiger partial charge in [-0.05, 0) is 35.2 Å². The highest BCUT2D eigenvalue weighted by molar-refractivity contribution is 5.86. The molecule has 0 bridgehead atoms. The van der Waals surface area contributed by atoms with E-state index in [9.17, 15) is 0 Å². The number of methoxy groups -OCH3 is 1. The van der Waals surface area contributed by atoms with Gasteiger partial charge in [-0.25, -0.2) is 0 Å². The minimum absolute atomic E-state index is 0.554. The summed E-state index contributed by atoms with van der Waals surface area (Å²) in [7, 11) is 1.69. The maximum Gasteiger partial charge on any atom is 0.254 e. The molecule has 0 saturated heterocycles. The SMILES string of the molecule is C=Cc1ccc(OC)c2cc3cc(OCc4ccccc4)ccc3c[n+]12. The molecule has 2 heterocycles. The molecule has 3 heteroatoms. The number of fused-ring (bicyclic) bond motifs is 2. The summed E-state index contributed by atoms with van der Waals surface area (Å²) in [6.07, 6.45) is 3.95. The highest BCUT2D eigenvalue weighted by Gasteiger charge is 2.15.